The van der Waals surface area contributed by atoms with Gasteiger partial charge in [0.05, 0.1) is 31.6 Å². The van der Waals surface area contributed by atoms with Crippen molar-refractivity contribution in [2.24, 2.45) is 7.05 Å². The maximum absolute atomic E-state index is 12.9. The van der Waals surface area contributed by atoms with Gasteiger partial charge in [0.2, 0.25) is 5.75 Å². The maximum Gasteiger partial charge on any atom is 0.293 e. The number of nitrogens with zero attached hydrogens (tertiary/aromatic N) is 3. The highest BCUT2D eigenvalue weighted by molar-refractivity contribution is 8.18. The molecule has 11 nitrogen and oxygen atoms in total. The van der Waals surface area contributed by atoms with Crippen molar-refractivity contribution in [3.8, 4) is 17.2 Å². The van der Waals surface area contributed by atoms with E-state index in [1.165, 1.54) is 28.4 Å². The van der Waals surface area contributed by atoms with E-state index in [2.05, 4.69) is 10.4 Å². The van der Waals surface area contributed by atoms with Crippen molar-refractivity contribution < 1.29 is 28.6 Å². The third-order valence-corrected chi connectivity index (χ3v) is 6.56. The summed E-state index contributed by atoms with van der Waals surface area (Å²) in [6.45, 7) is -0.0279. The number of nitrogens with one attached hydrogen (secondary N) is 1. The monoisotopic (exact) mass is 524 g/mol. The van der Waals surface area contributed by atoms with E-state index in [0.717, 1.165) is 21.3 Å². The first-order chi connectivity index (χ1) is 17.8. The van der Waals surface area contributed by atoms with Crippen LogP contribution < -0.4 is 25.1 Å². The zero-order chi connectivity index (χ0) is 26.7. The van der Waals surface area contributed by atoms with E-state index >= 15 is 0 Å². The molecule has 4 rings (SSSR count). The van der Waals surface area contributed by atoms with Crippen LogP contribution in [0.3, 0.4) is 0 Å². The summed E-state index contributed by atoms with van der Waals surface area (Å²) in [7, 11) is 5.92. The highest BCUT2D eigenvalue weighted by Crippen LogP contribution is 2.40. The Bertz CT molecular complexity index is 1470. The SMILES string of the molecule is COc1cc(/C=C2\SC(=O)N(CCNC(=O)c3nn(C)c(=O)c4ccccc34)C2=O)cc(OC)c1OC. The molecule has 0 radical (unpaired) electrons. The molecule has 1 fully saturated rings. The number of thioether (sulfide) groups is 1. The summed E-state index contributed by atoms with van der Waals surface area (Å²) in [4.78, 5) is 51.8. The summed E-state index contributed by atoms with van der Waals surface area (Å²) in [6.07, 6.45) is 1.56. The molecule has 0 aliphatic carbocycles. The first kappa shape index (κ1) is 25.8. The number of fused-ring (bicyclic) bond motifs is 1. The lowest BCUT2D eigenvalue weighted by Gasteiger charge is -2.14. The van der Waals surface area contributed by atoms with Gasteiger partial charge in [-0.25, -0.2) is 4.68 Å². The number of hydrogen-bond acceptors (Lipinski definition) is 9. The summed E-state index contributed by atoms with van der Waals surface area (Å²) < 4.78 is 17.1. The number of amides is 3. The number of benzene rings is 2. The van der Waals surface area contributed by atoms with Crippen LogP contribution >= 0.6 is 11.8 Å². The van der Waals surface area contributed by atoms with E-state index < -0.39 is 17.1 Å². The third-order valence-electron chi connectivity index (χ3n) is 5.65. The van der Waals surface area contributed by atoms with Gasteiger partial charge >= 0.3 is 0 Å². The van der Waals surface area contributed by atoms with Gasteiger partial charge in [-0.2, -0.15) is 5.10 Å². The molecule has 1 saturated heterocycles. The average Bonchev–Trinajstić information content (AvgIpc) is 3.17. The number of aryl methyl sites for hydroxylation is 1. The molecule has 1 aliphatic heterocycles. The second kappa shape index (κ2) is 10.7. The van der Waals surface area contributed by atoms with Gasteiger partial charge in [-0.1, -0.05) is 18.2 Å². The van der Waals surface area contributed by atoms with Crippen molar-refractivity contribution in [2.75, 3.05) is 34.4 Å². The second-order valence-electron chi connectivity index (χ2n) is 7.87. The summed E-state index contributed by atoms with van der Waals surface area (Å²) >= 11 is 0.797. The summed E-state index contributed by atoms with van der Waals surface area (Å²) in [5, 5.41) is 7.09. The highest BCUT2D eigenvalue weighted by atomic mass is 32.2. The van der Waals surface area contributed by atoms with Crippen molar-refractivity contribution in [3.63, 3.8) is 0 Å². The molecule has 37 heavy (non-hydrogen) atoms. The molecule has 0 atom stereocenters. The van der Waals surface area contributed by atoms with Crippen LogP contribution in [0.2, 0.25) is 0 Å². The quantitative estimate of drug-likeness (QED) is 0.442. The van der Waals surface area contributed by atoms with Crippen LogP contribution in [0.15, 0.2) is 46.1 Å². The number of carbonyl (C=O) groups excluding carboxylic acids is 3. The first-order valence-electron chi connectivity index (χ1n) is 11.1. The number of carbonyl (C=O) groups is 3. The van der Waals surface area contributed by atoms with Crippen molar-refractivity contribution in [1.29, 1.82) is 0 Å². The van der Waals surface area contributed by atoms with Gasteiger partial charge in [-0.15, -0.1) is 0 Å². The van der Waals surface area contributed by atoms with Crippen LogP contribution in [0.4, 0.5) is 4.79 Å². The molecule has 2 aromatic carbocycles. The predicted octanol–water partition coefficient (Wildman–Crippen LogP) is 2.43. The van der Waals surface area contributed by atoms with E-state index in [4.69, 9.17) is 14.2 Å². The normalized spacial score (nSPS) is 14.4. The van der Waals surface area contributed by atoms with E-state index in [1.807, 2.05) is 0 Å². The second-order valence-corrected chi connectivity index (χ2v) is 8.86. The molecule has 3 aromatic rings. The largest absolute Gasteiger partial charge is 0.493 e. The summed E-state index contributed by atoms with van der Waals surface area (Å²) in [6, 6.07) is 10.0. The molecule has 0 saturated carbocycles. The topological polar surface area (TPSA) is 129 Å². The molecule has 0 unspecified atom stereocenters. The van der Waals surface area contributed by atoms with Crippen molar-refractivity contribution in [2.45, 2.75) is 0 Å². The number of methoxy groups -OCH3 is 3. The molecule has 0 spiro atoms. The fourth-order valence-corrected chi connectivity index (χ4v) is 4.73. The third kappa shape index (κ3) is 5.00. The molecule has 1 N–H and O–H groups in total. The molecular weight excluding hydrogens is 500 g/mol. The van der Waals surface area contributed by atoms with Crippen molar-refractivity contribution in [3.05, 3.63) is 62.9 Å². The molecule has 2 heterocycles. The number of aromatic nitrogens is 2. The number of ether oxygens (including phenoxy) is 3. The molecule has 12 heteroatoms. The fourth-order valence-electron chi connectivity index (χ4n) is 3.86. The minimum atomic E-state index is -0.522. The lowest BCUT2D eigenvalue weighted by atomic mass is 10.1. The Morgan fingerprint density at radius 3 is 2.30 bits per heavy atom. The lowest BCUT2D eigenvalue weighted by molar-refractivity contribution is -0.122. The smallest absolute Gasteiger partial charge is 0.293 e. The predicted molar refractivity (Wildman–Crippen MR) is 138 cm³/mol. The highest BCUT2D eigenvalue weighted by Gasteiger charge is 2.35. The summed E-state index contributed by atoms with van der Waals surface area (Å²) in [5.74, 6) is 0.228. The maximum atomic E-state index is 12.9. The van der Waals surface area contributed by atoms with Gasteiger partial charge in [-0.3, -0.25) is 24.1 Å². The van der Waals surface area contributed by atoms with Gasteiger partial charge in [0.1, 0.15) is 0 Å². The van der Waals surface area contributed by atoms with Crippen LogP contribution in [0.1, 0.15) is 16.1 Å². The molecular formula is C25H24N4O7S. The Morgan fingerprint density at radius 2 is 1.68 bits per heavy atom. The van der Waals surface area contributed by atoms with Crippen molar-refractivity contribution in [1.82, 2.24) is 20.0 Å². The Hall–Kier alpha value is -4.32. The average molecular weight is 525 g/mol. The first-order valence-corrected chi connectivity index (χ1v) is 11.9. The van der Waals surface area contributed by atoms with E-state index in [9.17, 15) is 19.2 Å². The van der Waals surface area contributed by atoms with Gasteiger partial charge in [0, 0.05) is 25.5 Å². The van der Waals surface area contributed by atoms with Gasteiger partial charge in [0.25, 0.3) is 22.6 Å². The van der Waals surface area contributed by atoms with E-state index in [-0.39, 0.29) is 29.2 Å². The van der Waals surface area contributed by atoms with Crippen LogP contribution in [-0.2, 0) is 11.8 Å². The fraction of sp³-hybridized carbons (Fsp3) is 0.240. The minimum Gasteiger partial charge on any atom is -0.493 e. The zero-order valence-electron chi connectivity index (χ0n) is 20.6. The molecule has 192 valence electrons. The van der Waals surface area contributed by atoms with Crippen LogP contribution in [0.5, 0.6) is 17.2 Å². The Labute approximate surface area is 216 Å². The molecule has 1 aliphatic rings. The Balaban J connectivity index is 1.47. The van der Waals surface area contributed by atoms with E-state index in [1.54, 1.807) is 42.5 Å². The Kier molecular flexibility index (Phi) is 7.48. The van der Waals surface area contributed by atoms with Crippen molar-refractivity contribution >= 4 is 45.7 Å². The number of imide groups is 1. The van der Waals surface area contributed by atoms with Crippen LogP contribution in [0, 0.1) is 0 Å². The van der Waals surface area contributed by atoms with Crippen LogP contribution in [0.25, 0.3) is 16.8 Å². The van der Waals surface area contributed by atoms with E-state index in [0.29, 0.717) is 33.6 Å². The van der Waals surface area contributed by atoms with Crippen LogP contribution in [-0.4, -0.2) is 66.2 Å². The Morgan fingerprint density at radius 1 is 1.03 bits per heavy atom. The van der Waals surface area contributed by atoms with Gasteiger partial charge < -0.3 is 19.5 Å². The lowest BCUT2D eigenvalue weighted by Crippen LogP contribution is -2.38. The molecule has 0 bridgehead atoms. The van der Waals surface area contributed by atoms with Gasteiger partial charge in [0.15, 0.2) is 17.2 Å². The molecule has 3 amide bonds. The zero-order valence-corrected chi connectivity index (χ0v) is 21.4. The number of hydrogen-bond donors (Lipinski definition) is 1. The molecule has 1 aromatic heterocycles. The summed E-state index contributed by atoms with van der Waals surface area (Å²) in [5.41, 5.74) is 0.346. The minimum absolute atomic E-state index is 0.00713. The van der Waals surface area contributed by atoms with Gasteiger partial charge in [-0.05, 0) is 41.6 Å². The standard InChI is InChI=1S/C25H24N4O7S/c1-28-23(31)16-8-6-5-7-15(16)20(27-28)22(30)26-9-10-29-24(32)19(37-25(29)33)13-14-11-17(34-2)21(36-4)18(12-14)35-3/h5-8,11-13H,9-10H2,1-4H3,(H,26,30)/b19-13-. The number of rotatable bonds is 8.